The number of H-pyrrole nitrogens is 1. The number of aromatic nitrogens is 1. The van der Waals surface area contributed by atoms with E-state index in [1.807, 2.05) is 12.1 Å². The minimum absolute atomic E-state index is 0.0684. The lowest BCUT2D eigenvalue weighted by Gasteiger charge is -2.02. The molecule has 1 aromatic carbocycles. The molecule has 1 aliphatic rings. The molecule has 1 aromatic heterocycles. The van der Waals surface area contributed by atoms with E-state index < -0.39 is 0 Å². The van der Waals surface area contributed by atoms with Crippen molar-refractivity contribution in [3.8, 4) is 0 Å². The average Bonchev–Trinajstić information content (AvgIpc) is 2.84. The third kappa shape index (κ3) is 1.69. The summed E-state index contributed by atoms with van der Waals surface area (Å²) in [4.78, 5) is 14.4. The Labute approximate surface area is 93.4 Å². The molecule has 0 aliphatic carbocycles. The summed E-state index contributed by atoms with van der Waals surface area (Å²) in [6.45, 7) is 0.564. The SMILES string of the molecule is O=C1CC(Cc2cc3ccccc3[nH]2)CO1. The maximum atomic E-state index is 11.0. The van der Waals surface area contributed by atoms with Crippen LogP contribution in [-0.4, -0.2) is 17.6 Å². The fourth-order valence-corrected chi connectivity index (χ4v) is 2.25. The highest BCUT2D eigenvalue weighted by molar-refractivity contribution is 5.80. The Morgan fingerprint density at radius 1 is 1.38 bits per heavy atom. The maximum Gasteiger partial charge on any atom is 0.306 e. The summed E-state index contributed by atoms with van der Waals surface area (Å²) in [7, 11) is 0. The zero-order valence-electron chi connectivity index (χ0n) is 8.90. The summed E-state index contributed by atoms with van der Waals surface area (Å²) >= 11 is 0. The van der Waals surface area contributed by atoms with E-state index in [0.717, 1.165) is 11.9 Å². The number of cyclic esters (lactones) is 1. The monoisotopic (exact) mass is 215 g/mol. The van der Waals surface area contributed by atoms with Crippen molar-refractivity contribution in [2.24, 2.45) is 5.92 Å². The molecule has 1 atom stereocenters. The van der Waals surface area contributed by atoms with Crippen LogP contribution in [0.2, 0.25) is 0 Å². The number of ether oxygens (including phenoxy) is 1. The summed E-state index contributed by atoms with van der Waals surface area (Å²) in [5.41, 5.74) is 2.34. The van der Waals surface area contributed by atoms with Crippen molar-refractivity contribution in [2.75, 3.05) is 6.61 Å². The number of carbonyl (C=O) groups is 1. The van der Waals surface area contributed by atoms with Gasteiger partial charge in [0.2, 0.25) is 0 Å². The molecule has 1 unspecified atom stereocenters. The van der Waals surface area contributed by atoms with Gasteiger partial charge in [0, 0.05) is 17.1 Å². The van der Waals surface area contributed by atoms with Gasteiger partial charge in [-0.05, 0) is 23.9 Å². The van der Waals surface area contributed by atoms with Crippen molar-refractivity contribution in [2.45, 2.75) is 12.8 Å². The molecule has 0 saturated carbocycles. The van der Waals surface area contributed by atoms with E-state index in [0.29, 0.717) is 18.9 Å². The predicted octanol–water partition coefficient (Wildman–Crippen LogP) is 2.27. The number of esters is 1. The fraction of sp³-hybridized carbons (Fsp3) is 0.308. The first-order valence-electron chi connectivity index (χ1n) is 5.53. The van der Waals surface area contributed by atoms with Gasteiger partial charge in [-0.25, -0.2) is 0 Å². The van der Waals surface area contributed by atoms with Gasteiger partial charge in [0.05, 0.1) is 13.0 Å². The number of para-hydroxylation sites is 1. The molecule has 3 rings (SSSR count). The minimum Gasteiger partial charge on any atom is -0.465 e. The van der Waals surface area contributed by atoms with E-state index in [1.54, 1.807) is 0 Å². The van der Waals surface area contributed by atoms with E-state index in [4.69, 9.17) is 4.74 Å². The van der Waals surface area contributed by atoms with Crippen LogP contribution in [0, 0.1) is 5.92 Å². The molecule has 2 aromatic rings. The van der Waals surface area contributed by atoms with Crippen LogP contribution < -0.4 is 0 Å². The molecule has 3 nitrogen and oxygen atoms in total. The van der Waals surface area contributed by atoms with Gasteiger partial charge in [0.25, 0.3) is 0 Å². The zero-order chi connectivity index (χ0) is 11.0. The number of fused-ring (bicyclic) bond motifs is 1. The lowest BCUT2D eigenvalue weighted by atomic mass is 10.0. The number of carbonyl (C=O) groups excluding carboxylic acids is 1. The molecule has 1 aliphatic heterocycles. The number of rotatable bonds is 2. The van der Waals surface area contributed by atoms with Gasteiger partial charge < -0.3 is 9.72 Å². The standard InChI is InChI=1S/C13H13NO2/c15-13-6-9(8-16-13)5-11-7-10-3-1-2-4-12(10)14-11/h1-4,7,9,14H,5-6,8H2. The molecule has 1 saturated heterocycles. The number of nitrogens with one attached hydrogen (secondary N) is 1. The Hall–Kier alpha value is -1.77. The lowest BCUT2D eigenvalue weighted by Crippen LogP contribution is -2.03. The second-order valence-corrected chi connectivity index (χ2v) is 4.34. The summed E-state index contributed by atoms with van der Waals surface area (Å²) in [6, 6.07) is 10.4. The van der Waals surface area contributed by atoms with Crippen LogP contribution in [0.5, 0.6) is 0 Å². The predicted molar refractivity (Wildman–Crippen MR) is 61.1 cm³/mol. The van der Waals surface area contributed by atoms with Crippen molar-refractivity contribution in [1.82, 2.24) is 4.98 Å². The van der Waals surface area contributed by atoms with Crippen LogP contribution in [0.1, 0.15) is 12.1 Å². The van der Waals surface area contributed by atoms with Gasteiger partial charge in [-0.15, -0.1) is 0 Å². The molecule has 1 N–H and O–H groups in total. The summed E-state index contributed by atoms with van der Waals surface area (Å²) in [5.74, 6) is 0.265. The van der Waals surface area contributed by atoms with E-state index in [1.165, 1.54) is 11.1 Å². The Balaban J connectivity index is 1.81. The highest BCUT2D eigenvalue weighted by Crippen LogP contribution is 2.21. The molecule has 2 heterocycles. The first-order valence-corrected chi connectivity index (χ1v) is 5.53. The third-order valence-electron chi connectivity index (χ3n) is 3.03. The Bertz CT molecular complexity index is 496. The maximum absolute atomic E-state index is 11.0. The first-order chi connectivity index (χ1) is 7.81. The molecular formula is C13H13NO2. The summed E-state index contributed by atoms with van der Waals surface area (Å²) in [5, 5.41) is 1.22. The van der Waals surface area contributed by atoms with Crippen LogP contribution >= 0.6 is 0 Å². The van der Waals surface area contributed by atoms with Crippen LogP contribution in [0.4, 0.5) is 0 Å². The van der Waals surface area contributed by atoms with Crippen molar-refractivity contribution >= 4 is 16.9 Å². The molecule has 16 heavy (non-hydrogen) atoms. The molecule has 0 radical (unpaired) electrons. The topological polar surface area (TPSA) is 42.1 Å². The van der Waals surface area contributed by atoms with Gasteiger partial charge in [-0.1, -0.05) is 18.2 Å². The largest absolute Gasteiger partial charge is 0.465 e. The molecule has 0 amide bonds. The number of hydrogen-bond donors (Lipinski definition) is 1. The van der Waals surface area contributed by atoms with E-state index in [9.17, 15) is 4.79 Å². The first kappa shape index (κ1) is 9.46. The number of hydrogen-bond acceptors (Lipinski definition) is 2. The molecule has 0 spiro atoms. The van der Waals surface area contributed by atoms with Crippen LogP contribution in [-0.2, 0) is 16.0 Å². The van der Waals surface area contributed by atoms with Crippen molar-refractivity contribution in [3.63, 3.8) is 0 Å². The third-order valence-corrected chi connectivity index (χ3v) is 3.03. The highest BCUT2D eigenvalue weighted by Gasteiger charge is 2.24. The van der Waals surface area contributed by atoms with Crippen molar-refractivity contribution < 1.29 is 9.53 Å². The van der Waals surface area contributed by atoms with E-state index >= 15 is 0 Å². The minimum atomic E-state index is -0.0684. The number of aromatic amines is 1. The zero-order valence-corrected chi connectivity index (χ0v) is 8.90. The second kappa shape index (κ2) is 3.67. The Morgan fingerprint density at radius 3 is 3.00 bits per heavy atom. The molecular weight excluding hydrogens is 202 g/mol. The lowest BCUT2D eigenvalue weighted by molar-refractivity contribution is -0.137. The van der Waals surface area contributed by atoms with Crippen molar-refractivity contribution in [3.05, 3.63) is 36.0 Å². The van der Waals surface area contributed by atoms with Gasteiger partial charge in [-0.2, -0.15) is 0 Å². The number of benzene rings is 1. The quantitative estimate of drug-likeness (QED) is 0.781. The van der Waals surface area contributed by atoms with Gasteiger partial charge in [-0.3, -0.25) is 4.79 Å². The van der Waals surface area contributed by atoms with Gasteiger partial charge in [0.1, 0.15) is 0 Å². The highest BCUT2D eigenvalue weighted by atomic mass is 16.5. The van der Waals surface area contributed by atoms with Crippen LogP contribution in [0.15, 0.2) is 30.3 Å². The average molecular weight is 215 g/mol. The van der Waals surface area contributed by atoms with Crippen molar-refractivity contribution in [1.29, 1.82) is 0 Å². The van der Waals surface area contributed by atoms with Gasteiger partial charge in [0.15, 0.2) is 0 Å². The summed E-state index contributed by atoms with van der Waals surface area (Å²) < 4.78 is 4.96. The molecule has 0 bridgehead atoms. The van der Waals surface area contributed by atoms with Crippen LogP contribution in [0.3, 0.4) is 0 Å². The van der Waals surface area contributed by atoms with E-state index in [-0.39, 0.29) is 5.97 Å². The second-order valence-electron chi connectivity index (χ2n) is 4.34. The Kier molecular flexibility index (Phi) is 2.17. The molecule has 3 heteroatoms. The van der Waals surface area contributed by atoms with Crippen LogP contribution in [0.25, 0.3) is 10.9 Å². The van der Waals surface area contributed by atoms with E-state index in [2.05, 4.69) is 23.2 Å². The molecule has 82 valence electrons. The normalized spacial score (nSPS) is 20.2. The summed E-state index contributed by atoms with van der Waals surface area (Å²) in [6.07, 6.45) is 1.44. The molecule has 1 fully saturated rings. The van der Waals surface area contributed by atoms with Gasteiger partial charge >= 0.3 is 5.97 Å². The fourth-order valence-electron chi connectivity index (χ4n) is 2.25. The smallest absolute Gasteiger partial charge is 0.306 e. The Morgan fingerprint density at radius 2 is 2.25 bits per heavy atom.